The van der Waals surface area contributed by atoms with Crippen molar-refractivity contribution in [3.8, 4) is 5.75 Å². The number of ether oxygens (including phenoxy) is 1. The first kappa shape index (κ1) is 23.1. The molecule has 0 radical (unpaired) electrons. The summed E-state index contributed by atoms with van der Waals surface area (Å²) in [7, 11) is 0. The molecule has 0 atom stereocenters. The van der Waals surface area contributed by atoms with Crippen LogP contribution < -0.4 is 4.74 Å². The van der Waals surface area contributed by atoms with Crippen LogP contribution in [0.4, 0.5) is 17.6 Å². The molecule has 30 heavy (non-hydrogen) atoms. The van der Waals surface area contributed by atoms with E-state index in [9.17, 15) is 17.6 Å². The predicted molar refractivity (Wildman–Crippen MR) is 112 cm³/mol. The molecule has 0 saturated heterocycles. The summed E-state index contributed by atoms with van der Waals surface area (Å²) >= 11 is 0. The molecule has 2 saturated carbocycles. The molecule has 5 heteroatoms. The highest BCUT2D eigenvalue weighted by Crippen LogP contribution is 2.43. The largest absolute Gasteiger partial charge is 0.429 e. The highest BCUT2D eigenvalue weighted by molar-refractivity contribution is 5.31. The molecule has 1 nitrogen and oxygen atoms in total. The number of rotatable bonds is 8. The van der Waals surface area contributed by atoms with Gasteiger partial charge in [-0.1, -0.05) is 25.0 Å². The Morgan fingerprint density at radius 3 is 1.93 bits per heavy atom. The molecule has 0 aromatic heterocycles. The summed E-state index contributed by atoms with van der Waals surface area (Å²) < 4.78 is 56.2. The SMILES string of the molecule is CC=CCC1CCC(C2CCC(CCc3cc(F)c(OC(F)F)c(F)c3)CC2)CC1. The Balaban J connectivity index is 1.41. The van der Waals surface area contributed by atoms with Crippen LogP contribution in [0, 0.1) is 35.3 Å². The zero-order valence-electron chi connectivity index (χ0n) is 17.9. The van der Waals surface area contributed by atoms with Crippen LogP contribution in [0.15, 0.2) is 24.3 Å². The lowest BCUT2D eigenvalue weighted by Gasteiger charge is -2.37. The Bertz CT molecular complexity index is 663. The van der Waals surface area contributed by atoms with E-state index in [4.69, 9.17) is 0 Å². The molecule has 2 fully saturated rings. The van der Waals surface area contributed by atoms with Gasteiger partial charge in [-0.05, 0) is 106 Å². The first-order chi connectivity index (χ1) is 14.5. The summed E-state index contributed by atoms with van der Waals surface area (Å²) in [4.78, 5) is 0. The van der Waals surface area contributed by atoms with Gasteiger partial charge in [-0.25, -0.2) is 8.78 Å². The minimum atomic E-state index is -3.24. The third-order valence-corrected chi connectivity index (χ3v) is 7.26. The standard InChI is InChI=1S/C25H34F4O/c1-2-3-4-17-7-11-20(12-8-17)21-13-9-18(10-14-21)5-6-19-15-22(26)24(23(27)16-19)30-25(28)29/h2-3,15-18,20-21,25H,4-14H2,1H3. The average molecular weight is 427 g/mol. The third kappa shape index (κ3) is 6.49. The van der Waals surface area contributed by atoms with E-state index in [2.05, 4.69) is 23.8 Å². The van der Waals surface area contributed by atoms with Crippen LogP contribution >= 0.6 is 0 Å². The van der Waals surface area contributed by atoms with E-state index in [0.29, 0.717) is 17.9 Å². The smallest absolute Gasteiger partial charge is 0.387 e. The molecule has 0 spiro atoms. The van der Waals surface area contributed by atoms with Crippen LogP contribution in [-0.4, -0.2) is 6.61 Å². The Morgan fingerprint density at radius 2 is 1.43 bits per heavy atom. The first-order valence-electron chi connectivity index (χ1n) is 11.5. The molecule has 168 valence electrons. The number of hydrogen-bond donors (Lipinski definition) is 0. The maximum absolute atomic E-state index is 13.9. The van der Waals surface area contributed by atoms with Crippen molar-refractivity contribution in [3.05, 3.63) is 41.5 Å². The fourth-order valence-electron chi connectivity index (χ4n) is 5.50. The van der Waals surface area contributed by atoms with Gasteiger partial charge in [0.1, 0.15) is 0 Å². The fourth-order valence-corrected chi connectivity index (χ4v) is 5.50. The zero-order chi connectivity index (χ0) is 21.5. The molecule has 0 aliphatic heterocycles. The van der Waals surface area contributed by atoms with Crippen molar-refractivity contribution in [2.75, 3.05) is 0 Å². The second kappa shape index (κ2) is 11.2. The van der Waals surface area contributed by atoms with E-state index in [1.54, 1.807) is 0 Å². The summed E-state index contributed by atoms with van der Waals surface area (Å²) in [5.74, 6) is 0.0539. The van der Waals surface area contributed by atoms with Gasteiger partial charge in [0.05, 0.1) is 0 Å². The highest BCUT2D eigenvalue weighted by Gasteiger charge is 2.30. The molecule has 0 N–H and O–H groups in total. The lowest BCUT2D eigenvalue weighted by atomic mass is 9.68. The summed E-state index contributed by atoms with van der Waals surface area (Å²) in [5, 5.41) is 0. The van der Waals surface area contributed by atoms with Crippen LogP contribution in [0.2, 0.25) is 0 Å². The summed E-state index contributed by atoms with van der Waals surface area (Å²) in [6, 6.07) is 2.25. The summed E-state index contributed by atoms with van der Waals surface area (Å²) in [6.07, 6.45) is 17.5. The molecular formula is C25H34F4O. The summed E-state index contributed by atoms with van der Waals surface area (Å²) in [5.41, 5.74) is 0.508. The van der Waals surface area contributed by atoms with Gasteiger partial charge in [-0.15, -0.1) is 0 Å². The van der Waals surface area contributed by atoms with Crippen LogP contribution in [-0.2, 0) is 6.42 Å². The second-order valence-electron chi connectivity index (χ2n) is 9.17. The summed E-state index contributed by atoms with van der Waals surface area (Å²) in [6.45, 7) is -1.15. The normalized spacial score (nSPS) is 27.7. The molecule has 1 aromatic carbocycles. The first-order valence-corrected chi connectivity index (χ1v) is 11.5. The quantitative estimate of drug-likeness (QED) is 0.302. The zero-order valence-corrected chi connectivity index (χ0v) is 17.9. The van der Waals surface area contributed by atoms with Crippen molar-refractivity contribution in [2.45, 2.75) is 84.2 Å². The maximum Gasteiger partial charge on any atom is 0.387 e. The second-order valence-corrected chi connectivity index (χ2v) is 9.17. The monoisotopic (exact) mass is 426 g/mol. The number of allylic oxidation sites excluding steroid dienone is 2. The molecule has 1 aromatic rings. The van der Waals surface area contributed by atoms with Crippen molar-refractivity contribution in [1.82, 2.24) is 0 Å². The fraction of sp³-hybridized carbons (Fsp3) is 0.680. The third-order valence-electron chi connectivity index (χ3n) is 7.26. The van der Waals surface area contributed by atoms with Gasteiger partial charge in [-0.2, -0.15) is 8.78 Å². The van der Waals surface area contributed by atoms with Crippen molar-refractivity contribution in [1.29, 1.82) is 0 Å². The van der Waals surface area contributed by atoms with E-state index in [1.165, 1.54) is 57.8 Å². The van der Waals surface area contributed by atoms with Crippen molar-refractivity contribution in [2.24, 2.45) is 23.7 Å². The molecular weight excluding hydrogens is 392 g/mol. The van der Waals surface area contributed by atoms with Gasteiger partial charge in [0.2, 0.25) is 0 Å². The number of alkyl halides is 2. The number of benzene rings is 1. The van der Waals surface area contributed by atoms with E-state index in [1.807, 2.05) is 0 Å². The Labute approximate surface area is 177 Å². The maximum atomic E-state index is 13.9. The van der Waals surface area contributed by atoms with E-state index >= 15 is 0 Å². The molecule has 0 amide bonds. The lowest BCUT2D eigenvalue weighted by molar-refractivity contribution is -0.0546. The van der Waals surface area contributed by atoms with E-state index in [0.717, 1.165) is 36.3 Å². The van der Waals surface area contributed by atoms with Crippen molar-refractivity contribution < 1.29 is 22.3 Å². The lowest BCUT2D eigenvalue weighted by Crippen LogP contribution is -2.26. The average Bonchev–Trinajstić information content (AvgIpc) is 2.74. The Hall–Kier alpha value is -1.52. The Kier molecular flexibility index (Phi) is 8.64. The number of halogens is 4. The Morgan fingerprint density at radius 1 is 0.900 bits per heavy atom. The van der Waals surface area contributed by atoms with Gasteiger partial charge in [-0.3, -0.25) is 0 Å². The van der Waals surface area contributed by atoms with Crippen LogP contribution in [0.3, 0.4) is 0 Å². The molecule has 3 rings (SSSR count). The number of aryl methyl sites for hydroxylation is 1. The molecule has 0 bridgehead atoms. The van der Waals surface area contributed by atoms with Crippen LogP contribution in [0.5, 0.6) is 5.75 Å². The minimum Gasteiger partial charge on any atom is -0.429 e. The van der Waals surface area contributed by atoms with E-state index in [-0.39, 0.29) is 0 Å². The molecule has 2 aliphatic carbocycles. The molecule has 2 aliphatic rings. The van der Waals surface area contributed by atoms with Crippen LogP contribution in [0.1, 0.15) is 76.7 Å². The van der Waals surface area contributed by atoms with E-state index < -0.39 is 24.0 Å². The minimum absolute atomic E-state index is 0.508. The number of hydrogen-bond acceptors (Lipinski definition) is 1. The predicted octanol–water partition coefficient (Wildman–Crippen LogP) is 8.08. The highest BCUT2D eigenvalue weighted by atomic mass is 19.3. The molecule has 0 heterocycles. The van der Waals surface area contributed by atoms with Gasteiger partial charge in [0.15, 0.2) is 17.4 Å². The van der Waals surface area contributed by atoms with Gasteiger partial charge < -0.3 is 4.74 Å². The van der Waals surface area contributed by atoms with Gasteiger partial charge >= 0.3 is 6.61 Å². The topological polar surface area (TPSA) is 9.23 Å². The van der Waals surface area contributed by atoms with Crippen molar-refractivity contribution in [3.63, 3.8) is 0 Å². The van der Waals surface area contributed by atoms with Gasteiger partial charge in [0, 0.05) is 0 Å². The molecule has 0 unspecified atom stereocenters. The van der Waals surface area contributed by atoms with Gasteiger partial charge in [0.25, 0.3) is 0 Å². The van der Waals surface area contributed by atoms with Crippen molar-refractivity contribution >= 4 is 0 Å². The van der Waals surface area contributed by atoms with Crippen LogP contribution in [0.25, 0.3) is 0 Å².